The minimum Gasteiger partial charge on any atom is -0.390 e. The van der Waals surface area contributed by atoms with Crippen LogP contribution in [0.4, 0.5) is 13.2 Å². The number of H-pyrrole nitrogens is 1. The van der Waals surface area contributed by atoms with E-state index in [9.17, 15) is 22.8 Å². The van der Waals surface area contributed by atoms with E-state index in [1.54, 1.807) is 0 Å². The lowest BCUT2D eigenvalue weighted by molar-refractivity contribution is -0.276. The van der Waals surface area contributed by atoms with E-state index in [0.29, 0.717) is 6.07 Å². The van der Waals surface area contributed by atoms with Crippen LogP contribution in [0.1, 0.15) is 16.1 Å². The largest absolute Gasteiger partial charge is 0.574 e. The summed E-state index contributed by atoms with van der Waals surface area (Å²) in [5, 5.41) is 0.0331. The molecule has 1 rings (SSSR count). The average molecular weight is 300 g/mol. The Morgan fingerprint density at radius 1 is 1.50 bits per heavy atom. The molecule has 1 aromatic heterocycles. The molecule has 0 aromatic carbocycles. The quantitative estimate of drug-likeness (QED) is 0.686. The third-order valence-corrected chi connectivity index (χ3v) is 2.16. The number of carbonyl (C=O) groups excluding carboxylic acids is 1. The number of rotatable bonds is 3. The van der Waals surface area contributed by atoms with Crippen LogP contribution in [-0.2, 0) is 5.33 Å². The second kappa shape index (κ2) is 4.69. The fraction of sp³-hybridized carbons (Fsp3) is 0.250. The van der Waals surface area contributed by atoms with Crippen LogP contribution in [-0.4, -0.2) is 17.6 Å². The molecule has 0 amide bonds. The van der Waals surface area contributed by atoms with Crippen molar-refractivity contribution in [3.8, 4) is 5.88 Å². The molecule has 0 atom stereocenters. The van der Waals surface area contributed by atoms with E-state index in [-0.39, 0.29) is 22.9 Å². The summed E-state index contributed by atoms with van der Waals surface area (Å²) in [6, 6.07) is 0.573. The highest BCUT2D eigenvalue weighted by Gasteiger charge is 2.32. The molecular weight excluding hydrogens is 295 g/mol. The highest BCUT2D eigenvalue weighted by Crippen LogP contribution is 2.20. The van der Waals surface area contributed by atoms with Crippen LogP contribution in [0.5, 0.6) is 5.88 Å². The fourth-order valence-electron chi connectivity index (χ4n) is 1.01. The van der Waals surface area contributed by atoms with Crippen LogP contribution < -0.4 is 10.2 Å². The lowest BCUT2D eigenvalue weighted by Crippen LogP contribution is -2.21. The maximum atomic E-state index is 11.9. The van der Waals surface area contributed by atoms with Crippen molar-refractivity contribution in [3.63, 3.8) is 0 Å². The molecule has 88 valence electrons. The molecular formula is C8H5BrF3NO3. The van der Waals surface area contributed by atoms with Gasteiger partial charge in [-0.25, -0.2) is 0 Å². The van der Waals surface area contributed by atoms with Gasteiger partial charge in [-0.2, -0.15) is 0 Å². The van der Waals surface area contributed by atoms with Crippen LogP contribution in [0.25, 0.3) is 0 Å². The van der Waals surface area contributed by atoms with Gasteiger partial charge in [0, 0.05) is 17.1 Å². The molecule has 0 saturated carbocycles. The van der Waals surface area contributed by atoms with E-state index in [4.69, 9.17) is 0 Å². The van der Waals surface area contributed by atoms with Crippen molar-refractivity contribution in [2.24, 2.45) is 0 Å². The van der Waals surface area contributed by atoms with Gasteiger partial charge in [-0.05, 0) is 0 Å². The van der Waals surface area contributed by atoms with Gasteiger partial charge in [-0.3, -0.25) is 9.59 Å². The number of alkyl halides is 4. The number of aldehydes is 1. The van der Waals surface area contributed by atoms with Crippen LogP contribution in [0.3, 0.4) is 0 Å². The van der Waals surface area contributed by atoms with Crippen molar-refractivity contribution < 1.29 is 22.7 Å². The predicted octanol–water partition coefficient (Wildman–Crippen LogP) is 1.98. The first-order valence-corrected chi connectivity index (χ1v) is 5.02. The third-order valence-electron chi connectivity index (χ3n) is 1.60. The molecule has 1 N–H and O–H groups in total. The Kier molecular flexibility index (Phi) is 3.74. The summed E-state index contributed by atoms with van der Waals surface area (Å²) in [6.45, 7) is 0. The molecule has 0 aliphatic heterocycles. The maximum absolute atomic E-state index is 11.9. The molecule has 0 aliphatic rings. The van der Waals surface area contributed by atoms with Crippen molar-refractivity contribution >= 4 is 22.2 Å². The summed E-state index contributed by atoms with van der Waals surface area (Å²) >= 11 is 2.93. The summed E-state index contributed by atoms with van der Waals surface area (Å²) in [4.78, 5) is 23.9. The Balaban J connectivity index is 3.21. The number of aromatic amines is 1. The van der Waals surface area contributed by atoms with E-state index in [1.165, 1.54) is 0 Å². The molecule has 0 fully saturated rings. The summed E-state index contributed by atoms with van der Waals surface area (Å²) in [6.07, 6.45) is -4.62. The molecule has 1 aromatic rings. The van der Waals surface area contributed by atoms with Crippen LogP contribution >= 0.6 is 15.9 Å². The highest BCUT2D eigenvalue weighted by molar-refractivity contribution is 9.08. The second-order valence-electron chi connectivity index (χ2n) is 2.69. The molecule has 8 heteroatoms. The van der Waals surface area contributed by atoms with Crippen LogP contribution in [0.15, 0.2) is 10.9 Å². The van der Waals surface area contributed by atoms with E-state index >= 15 is 0 Å². The maximum Gasteiger partial charge on any atom is 0.574 e. The molecule has 4 nitrogen and oxygen atoms in total. The van der Waals surface area contributed by atoms with Gasteiger partial charge in [-0.1, -0.05) is 15.9 Å². The SMILES string of the molecule is O=Cc1c(CBr)[nH]c(OC(F)(F)F)cc1=O. The smallest absolute Gasteiger partial charge is 0.390 e. The number of pyridine rings is 1. The number of aromatic nitrogens is 1. The second-order valence-corrected chi connectivity index (χ2v) is 3.25. The van der Waals surface area contributed by atoms with Crippen LogP contribution in [0.2, 0.25) is 0 Å². The first-order chi connectivity index (χ1) is 7.37. The van der Waals surface area contributed by atoms with E-state index in [2.05, 4.69) is 25.7 Å². The molecule has 0 aliphatic carbocycles. The van der Waals surface area contributed by atoms with Gasteiger partial charge in [-0.15, -0.1) is 13.2 Å². The monoisotopic (exact) mass is 299 g/mol. The number of hydrogen-bond acceptors (Lipinski definition) is 3. The Bertz CT molecular complexity index is 455. The van der Waals surface area contributed by atoms with Gasteiger partial charge in [0.15, 0.2) is 11.7 Å². The third kappa shape index (κ3) is 3.09. The number of halogens is 4. The van der Waals surface area contributed by atoms with E-state index in [0.717, 1.165) is 0 Å². The molecule has 0 bridgehead atoms. The van der Waals surface area contributed by atoms with Crippen molar-refractivity contribution in [1.29, 1.82) is 0 Å². The van der Waals surface area contributed by atoms with Gasteiger partial charge in [0.05, 0.1) is 5.56 Å². The molecule has 0 saturated heterocycles. The number of carbonyl (C=O) groups is 1. The number of ether oxygens (including phenoxy) is 1. The minimum absolute atomic E-state index is 0.0294. The first kappa shape index (κ1) is 12.8. The summed E-state index contributed by atoms with van der Waals surface area (Å²) in [5.74, 6) is -0.752. The summed E-state index contributed by atoms with van der Waals surface area (Å²) in [7, 11) is 0. The Morgan fingerprint density at radius 3 is 2.56 bits per heavy atom. The van der Waals surface area contributed by atoms with Gasteiger partial charge < -0.3 is 9.72 Å². The molecule has 0 unspecified atom stereocenters. The Hall–Kier alpha value is -1.31. The highest BCUT2D eigenvalue weighted by atomic mass is 79.9. The topological polar surface area (TPSA) is 59.2 Å². The molecule has 16 heavy (non-hydrogen) atoms. The van der Waals surface area contributed by atoms with Gasteiger partial charge in [0.1, 0.15) is 0 Å². The zero-order chi connectivity index (χ0) is 12.3. The van der Waals surface area contributed by atoms with Crippen molar-refractivity contribution in [3.05, 3.63) is 27.5 Å². The number of nitrogens with one attached hydrogen (secondary N) is 1. The standard InChI is InChI=1S/C8H5BrF3NO3/c9-2-5-4(3-14)6(15)1-7(13-5)16-8(10,11)12/h1,3H,2H2,(H,13,15). The first-order valence-electron chi connectivity index (χ1n) is 3.90. The van der Waals surface area contributed by atoms with Gasteiger partial charge in [0.25, 0.3) is 0 Å². The predicted molar refractivity (Wildman–Crippen MR) is 51.8 cm³/mol. The summed E-state index contributed by atoms with van der Waals surface area (Å²) in [5.41, 5.74) is -1.03. The number of hydrogen-bond donors (Lipinski definition) is 1. The van der Waals surface area contributed by atoms with Gasteiger partial charge >= 0.3 is 6.36 Å². The Labute approximate surface area is 95.5 Å². The average Bonchev–Trinajstić information content (AvgIpc) is 2.14. The van der Waals surface area contributed by atoms with Crippen LogP contribution in [0, 0.1) is 0 Å². The van der Waals surface area contributed by atoms with Gasteiger partial charge in [0.2, 0.25) is 5.88 Å². The van der Waals surface area contributed by atoms with Crippen molar-refractivity contribution in [2.75, 3.05) is 0 Å². The molecule has 0 radical (unpaired) electrons. The zero-order valence-electron chi connectivity index (χ0n) is 7.60. The lowest BCUT2D eigenvalue weighted by atomic mass is 10.2. The zero-order valence-corrected chi connectivity index (χ0v) is 9.18. The minimum atomic E-state index is -4.89. The Morgan fingerprint density at radius 2 is 2.12 bits per heavy atom. The molecule has 0 spiro atoms. The van der Waals surface area contributed by atoms with E-state index in [1.807, 2.05) is 0 Å². The normalized spacial score (nSPS) is 11.2. The van der Waals surface area contributed by atoms with Crippen molar-refractivity contribution in [2.45, 2.75) is 11.7 Å². The van der Waals surface area contributed by atoms with E-state index < -0.39 is 17.7 Å². The van der Waals surface area contributed by atoms with Crippen molar-refractivity contribution in [1.82, 2.24) is 4.98 Å². The lowest BCUT2D eigenvalue weighted by Gasteiger charge is -2.10. The summed E-state index contributed by atoms with van der Waals surface area (Å²) < 4.78 is 39.1. The molecule has 1 heterocycles. The fourth-order valence-corrected chi connectivity index (χ4v) is 1.45.